The minimum atomic E-state index is -0.0959. The Morgan fingerprint density at radius 1 is 1.33 bits per heavy atom. The first-order valence-corrected chi connectivity index (χ1v) is 10.2. The standard InChI is InChI=1S/C20H32N4O3/c1-15(2)3-4-20(26)23-13-17-5-8-22-24(17)18(14-23)11-19(25)21-12-16-6-9-27-10-7-16/h5,8,15-16,18H,3-4,6-7,9-14H2,1-2H3,(H,21,25)/t18-/m1/s1. The van der Waals surface area contributed by atoms with E-state index < -0.39 is 0 Å². The van der Waals surface area contributed by atoms with E-state index in [-0.39, 0.29) is 17.9 Å². The molecule has 27 heavy (non-hydrogen) atoms. The maximum Gasteiger partial charge on any atom is 0.223 e. The van der Waals surface area contributed by atoms with E-state index in [2.05, 4.69) is 24.3 Å². The Morgan fingerprint density at radius 3 is 2.85 bits per heavy atom. The molecule has 1 aromatic heterocycles. The number of hydrogen-bond acceptors (Lipinski definition) is 4. The summed E-state index contributed by atoms with van der Waals surface area (Å²) in [5.41, 5.74) is 1.00. The largest absolute Gasteiger partial charge is 0.381 e. The first-order valence-electron chi connectivity index (χ1n) is 10.2. The van der Waals surface area contributed by atoms with Gasteiger partial charge in [0.1, 0.15) is 0 Å². The van der Waals surface area contributed by atoms with Gasteiger partial charge in [0.25, 0.3) is 0 Å². The Kier molecular flexibility index (Phi) is 6.88. The summed E-state index contributed by atoms with van der Waals surface area (Å²) in [4.78, 5) is 27.0. The van der Waals surface area contributed by atoms with Gasteiger partial charge in [-0.2, -0.15) is 5.10 Å². The molecule has 0 aromatic carbocycles. The summed E-state index contributed by atoms with van der Waals surface area (Å²) in [6, 6.07) is 1.84. The highest BCUT2D eigenvalue weighted by molar-refractivity contribution is 5.78. The summed E-state index contributed by atoms with van der Waals surface area (Å²) in [7, 11) is 0. The van der Waals surface area contributed by atoms with Crippen LogP contribution in [-0.4, -0.2) is 52.8 Å². The minimum absolute atomic E-state index is 0.0319. The van der Waals surface area contributed by atoms with Crippen LogP contribution in [0.1, 0.15) is 57.7 Å². The Balaban J connectivity index is 1.55. The smallest absolute Gasteiger partial charge is 0.223 e. The van der Waals surface area contributed by atoms with Gasteiger partial charge in [0.2, 0.25) is 11.8 Å². The highest BCUT2D eigenvalue weighted by atomic mass is 16.5. The van der Waals surface area contributed by atoms with Crippen LogP contribution in [0, 0.1) is 11.8 Å². The molecule has 1 atom stereocenters. The molecule has 7 nitrogen and oxygen atoms in total. The van der Waals surface area contributed by atoms with E-state index in [4.69, 9.17) is 4.74 Å². The van der Waals surface area contributed by atoms with Gasteiger partial charge in [-0.05, 0) is 37.2 Å². The lowest BCUT2D eigenvalue weighted by molar-refractivity contribution is -0.134. The number of nitrogens with one attached hydrogen (secondary N) is 1. The van der Waals surface area contributed by atoms with E-state index in [0.29, 0.717) is 44.3 Å². The summed E-state index contributed by atoms with van der Waals surface area (Å²) in [6.07, 6.45) is 5.58. The van der Waals surface area contributed by atoms with Crippen molar-refractivity contribution in [2.45, 2.75) is 58.5 Å². The van der Waals surface area contributed by atoms with E-state index in [1.54, 1.807) is 6.20 Å². The van der Waals surface area contributed by atoms with E-state index in [9.17, 15) is 9.59 Å². The number of nitrogens with zero attached hydrogens (tertiary/aromatic N) is 3. The summed E-state index contributed by atoms with van der Waals surface area (Å²) >= 11 is 0. The van der Waals surface area contributed by atoms with Crippen molar-refractivity contribution in [2.24, 2.45) is 11.8 Å². The van der Waals surface area contributed by atoms with Crippen molar-refractivity contribution in [3.63, 3.8) is 0 Å². The zero-order valence-corrected chi connectivity index (χ0v) is 16.5. The average molecular weight is 377 g/mol. The molecular formula is C20H32N4O3. The van der Waals surface area contributed by atoms with Crippen molar-refractivity contribution < 1.29 is 14.3 Å². The number of rotatable bonds is 7. The number of amides is 2. The molecule has 2 aliphatic heterocycles. The second-order valence-electron chi connectivity index (χ2n) is 8.19. The van der Waals surface area contributed by atoms with Gasteiger partial charge < -0.3 is 15.0 Å². The predicted molar refractivity (Wildman–Crippen MR) is 102 cm³/mol. The highest BCUT2D eigenvalue weighted by Crippen LogP contribution is 2.24. The van der Waals surface area contributed by atoms with Crippen molar-refractivity contribution in [3.8, 4) is 0 Å². The van der Waals surface area contributed by atoms with Gasteiger partial charge in [-0.25, -0.2) is 0 Å². The summed E-state index contributed by atoms with van der Waals surface area (Å²) in [6.45, 7) is 7.67. The van der Waals surface area contributed by atoms with Crippen LogP contribution in [0.25, 0.3) is 0 Å². The highest BCUT2D eigenvalue weighted by Gasteiger charge is 2.30. The van der Waals surface area contributed by atoms with Crippen LogP contribution >= 0.6 is 0 Å². The van der Waals surface area contributed by atoms with Crippen molar-refractivity contribution in [1.29, 1.82) is 0 Å². The van der Waals surface area contributed by atoms with Crippen molar-refractivity contribution in [1.82, 2.24) is 20.0 Å². The van der Waals surface area contributed by atoms with Crippen LogP contribution in [0.4, 0.5) is 0 Å². The first-order chi connectivity index (χ1) is 13.0. The van der Waals surface area contributed by atoms with Crippen LogP contribution in [0.15, 0.2) is 12.3 Å². The fourth-order valence-electron chi connectivity index (χ4n) is 3.79. The predicted octanol–water partition coefficient (Wildman–Crippen LogP) is 2.14. The molecule has 1 saturated heterocycles. The average Bonchev–Trinajstić information content (AvgIpc) is 3.14. The molecule has 0 bridgehead atoms. The van der Waals surface area contributed by atoms with Crippen LogP contribution in [-0.2, 0) is 20.9 Å². The lowest BCUT2D eigenvalue weighted by atomic mass is 10.0. The Labute approximate surface area is 161 Å². The Hall–Kier alpha value is -1.89. The molecule has 0 unspecified atom stereocenters. The Bertz CT molecular complexity index is 637. The lowest BCUT2D eigenvalue weighted by Gasteiger charge is -2.34. The van der Waals surface area contributed by atoms with Gasteiger partial charge in [0.05, 0.1) is 24.7 Å². The molecule has 7 heteroatoms. The zero-order valence-electron chi connectivity index (χ0n) is 16.5. The molecule has 3 rings (SSSR count). The van der Waals surface area contributed by atoms with Gasteiger partial charge in [0, 0.05) is 38.9 Å². The van der Waals surface area contributed by atoms with Gasteiger partial charge in [-0.15, -0.1) is 0 Å². The van der Waals surface area contributed by atoms with Gasteiger partial charge in [-0.3, -0.25) is 14.3 Å². The molecule has 3 heterocycles. The molecular weight excluding hydrogens is 344 g/mol. The maximum atomic E-state index is 12.6. The van der Waals surface area contributed by atoms with E-state index in [0.717, 1.165) is 38.2 Å². The molecule has 0 aliphatic carbocycles. The second kappa shape index (κ2) is 9.35. The molecule has 2 amide bonds. The normalized spacial score (nSPS) is 20.6. The van der Waals surface area contributed by atoms with Crippen LogP contribution in [0.3, 0.4) is 0 Å². The second-order valence-corrected chi connectivity index (χ2v) is 8.19. The van der Waals surface area contributed by atoms with Crippen molar-refractivity contribution in [3.05, 3.63) is 18.0 Å². The third kappa shape index (κ3) is 5.54. The van der Waals surface area contributed by atoms with Gasteiger partial charge in [0.15, 0.2) is 0 Å². The Morgan fingerprint density at radius 2 is 2.11 bits per heavy atom. The molecule has 1 aromatic rings. The fourth-order valence-corrected chi connectivity index (χ4v) is 3.79. The molecule has 1 N–H and O–H groups in total. The van der Waals surface area contributed by atoms with E-state index in [1.165, 1.54) is 0 Å². The topological polar surface area (TPSA) is 76.5 Å². The van der Waals surface area contributed by atoms with Crippen molar-refractivity contribution >= 4 is 11.8 Å². The van der Waals surface area contributed by atoms with Crippen LogP contribution in [0.2, 0.25) is 0 Å². The molecule has 2 aliphatic rings. The SMILES string of the molecule is CC(C)CCC(=O)N1Cc2ccnn2[C@H](CC(=O)NCC2CCOCC2)C1. The summed E-state index contributed by atoms with van der Waals surface area (Å²) < 4.78 is 7.28. The molecule has 0 radical (unpaired) electrons. The minimum Gasteiger partial charge on any atom is -0.381 e. The summed E-state index contributed by atoms with van der Waals surface area (Å²) in [5.74, 6) is 1.22. The number of carbonyl (C=O) groups excluding carboxylic acids is 2. The summed E-state index contributed by atoms with van der Waals surface area (Å²) in [5, 5.41) is 7.46. The lowest BCUT2D eigenvalue weighted by Crippen LogP contribution is -2.43. The van der Waals surface area contributed by atoms with Gasteiger partial charge >= 0.3 is 0 Å². The number of carbonyl (C=O) groups is 2. The number of hydrogen-bond donors (Lipinski definition) is 1. The first kappa shape index (κ1) is 19.9. The maximum absolute atomic E-state index is 12.6. The molecule has 1 fully saturated rings. The van der Waals surface area contributed by atoms with Crippen LogP contribution < -0.4 is 5.32 Å². The molecule has 0 saturated carbocycles. The molecule has 150 valence electrons. The van der Waals surface area contributed by atoms with E-state index >= 15 is 0 Å². The third-order valence-corrected chi connectivity index (χ3v) is 5.52. The monoisotopic (exact) mass is 376 g/mol. The zero-order chi connectivity index (χ0) is 19.2. The number of fused-ring (bicyclic) bond motifs is 1. The number of aromatic nitrogens is 2. The molecule has 0 spiro atoms. The quantitative estimate of drug-likeness (QED) is 0.791. The fraction of sp³-hybridized carbons (Fsp3) is 0.750. The number of ether oxygens (including phenoxy) is 1. The van der Waals surface area contributed by atoms with Crippen molar-refractivity contribution in [2.75, 3.05) is 26.3 Å². The van der Waals surface area contributed by atoms with E-state index in [1.807, 2.05) is 15.6 Å². The van der Waals surface area contributed by atoms with Crippen LogP contribution in [0.5, 0.6) is 0 Å². The van der Waals surface area contributed by atoms with Gasteiger partial charge in [-0.1, -0.05) is 13.8 Å². The third-order valence-electron chi connectivity index (χ3n) is 5.52.